The molecule has 3 N–H and O–H groups in total. The number of hydrogen-bond donors (Lipinski definition) is 2. The molecule has 1 aromatic carbocycles. The molecular weight excluding hydrogens is 428 g/mol. The molecule has 2 aliphatic rings. The van der Waals surface area contributed by atoms with Crippen LogP contribution in [0.2, 0.25) is 0 Å². The predicted octanol–water partition coefficient (Wildman–Crippen LogP) is 3.22. The summed E-state index contributed by atoms with van der Waals surface area (Å²) in [6, 6.07) is 10.2. The highest BCUT2D eigenvalue weighted by molar-refractivity contribution is 6.01. The summed E-state index contributed by atoms with van der Waals surface area (Å²) >= 11 is 0. The number of anilines is 1. The van der Waals surface area contributed by atoms with E-state index in [0.29, 0.717) is 24.0 Å². The molecule has 1 aliphatic heterocycles. The highest BCUT2D eigenvalue weighted by Gasteiger charge is 2.67. The number of piperidine rings is 1. The van der Waals surface area contributed by atoms with Gasteiger partial charge in [0.15, 0.2) is 5.65 Å². The molecule has 1 aliphatic carbocycles. The second-order valence-electron chi connectivity index (χ2n) is 9.41. The maximum absolute atomic E-state index is 6.28. The Morgan fingerprint density at radius 1 is 1.24 bits per heavy atom. The SMILES string of the molecule is Cc1cc(C2(CN)C3CCN(c4cnc5c(-c6cccc7cnccc67)n[nH]c5n4)CC32)no1. The van der Waals surface area contributed by atoms with Crippen LogP contribution in [-0.4, -0.2) is 49.9 Å². The van der Waals surface area contributed by atoms with Crippen LogP contribution in [0.1, 0.15) is 17.9 Å². The standard InChI is InChI=1S/C25H24N8O/c1-14-9-20(32-34-14)25(13-26)18-6-8-33(12-19(18)25)21-11-28-23-22(30-31-24(23)29-21)17-4-2-3-15-10-27-7-5-16(15)17/h2-5,7,9-11,18-19H,6,8,12-13,26H2,1H3,(H,29,30,31). The third-order valence-electron chi connectivity index (χ3n) is 7.79. The second kappa shape index (κ2) is 7.07. The summed E-state index contributed by atoms with van der Waals surface area (Å²) in [6.07, 6.45) is 6.57. The fourth-order valence-electron chi connectivity index (χ4n) is 6.02. The van der Waals surface area contributed by atoms with E-state index in [-0.39, 0.29) is 5.41 Å². The number of aromatic nitrogens is 6. The number of nitrogens with two attached hydrogens (primary N) is 1. The fourth-order valence-corrected chi connectivity index (χ4v) is 6.02. The van der Waals surface area contributed by atoms with E-state index < -0.39 is 0 Å². The molecule has 1 saturated heterocycles. The van der Waals surface area contributed by atoms with Gasteiger partial charge < -0.3 is 15.2 Å². The topological polar surface area (TPSA) is 123 Å². The Balaban J connectivity index is 1.20. The van der Waals surface area contributed by atoms with Gasteiger partial charge in [0.1, 0.15) is 22.8 Å². The molecule has 34 heavy (non-hydrogen) atoms. The van der Waals surface area contributed by atoms with Crippen molar-refractivity contribution in [3.8, 4) is 11.3 Å². The van der Waals surface area contributed by atoms with E-state index in [1.54, 1.807) is 6.20 Å². The van der Waals surface area contributed by atoms with Crippen LogP contribution in [-0.2, 0) is 5.41 Å². The first-order valence-corrected chi connectivity index (χ1v) is 11.6. The van der Waals surface area contributed by atoms with E-state index in [2.05, 4.69) is 31.3 Å². The van der Waals surface area contributed by atoms with Crippen molar-refractivity contribution in [2.45, 2.75) is 18.8 Å². The number of nitrogens with zero attached hydrogens (tertiary/aromatic N) is 6. The summed E-state index contributed by atoms with van der Waals surface area (Å²) in [4.78, 5) is 16.2. The molecule has 3 atom stereocenters. The lowest BCUT2D eigenvalue weighted by Gasteiger charge is -2.26. The summed E-state index contributed by atoms with van der Waals surface area (Å²) in [5, 5.41) is 14.2. The quantitative estimate of drug-likeness (QED) is 0.426. The zero-order valence-corrected chi connectivity index (χ0v) is 18.8. The molecule has 4 aromatic heterocycles. The summed E-state index contributed by atoms with van der Waals surface area (Å²) in [5.74, 6) is 2.67. The molecule has 5 heterocycles. The van der Waals surface area contributed by atoms with Crippen molar-refractivity contribution < 1.29 is 4.52 Å². The van der Waals surface area contributed by atoms with Gasteiger partial charge in [-0.15, -0.1) is 0 Å². The molecule has 0 spiro atoms. The van der Waals surface area contributed by atoms with E-state index in [9.17, 15) is 0 Å². The average Bonchev–Trinajstić information content (AvgIpc) is 3.12. The van der Waals surface area contributed by atoms with E-state index in [1.165, 1.54) is 0 Å². The van der Waals surface area contributed by atoms with Crippen LogP contribution < -0.4 is 10.6 Å². The molecule has 5 aromatic rings. The largest absolute Gasteiger partial charge is 0.361 e. The van der Waals surface area contributed by atoms with Crippen LogP contribution in [0.5, 0.6) is 0 Å². The molecule has 7 rings (SSSR count). The zero-order valence-electron chi connectivity index (χ0n) is 18.8. The van der Waals surface area contributed by atoms with Crippen molar-refractivity contribution in [3.63, 3.8) is 0 Å². The first-order valence-electron chi connectivity index (χ1n) is 11.6. The van der Waals surface area contributed by atoms with Crippen molar-refractivity contribution in [1.82, 2.24) is 30.3 Å². The molecule has 0 bridgehead atoms. The minimum atomic E-state index is -0.0889. The molecule has 1 saturated carbocycles. The Morgan fingerprint density at radius 2 is 2.18 bits per heavy atom. The van der Waals surface area contributed by atoms with Gasteiger partial charge in [-0.05, 0) is 36.6 Å². The van der Waals surface area contributed by atoms with Crippen LogP contribution in [0.25, 0.3) is 33.2 Å². The number of H-pyrrole nitrogens is 1. The first-order chi connectivity index (χ1) is 16.7. The maximum atomic E-state index is 6.28. The van der Waals surface area contributed by atoms with Gasteiger partial charge in [-0.25, -0.2) is 9.97 Å². The Labute approximate surface area is 195 Å². The minimum absolute atomic E-state index is 0.0889. The molecular formula is C25H24N8O. The number of nitrogens with one attached hydrogen (secondary N) is 1. The Hall–Kier alpha value is -3.85. The van der Waals surface area contributed by atoms with Gasteiger partial charge in [-0.1, -0.05) is 23.4 Å². The predicted molar refractivity (Wildman–Crippen MR) is 128 cm³/mol. The van der Waals surface area contributed by atoms with Crippen molar-refractivity contribution in [2.75, 3.05) is 24.5 Å². The lowest BCUT2D eigenvalue weighted by molar-refractivity contribution is 0.379. The summed E-state index contributed by atoms with van der Waals surface area (Å²) in [7, 11) is 0. The summed E-state index contributed by atoms with van der Waals surface area (Å²) in [5.41, 5.74) is 10.5. The Morgan fingerprint density at radius 3 is 3.03 bits per heavy atom. The number of aromatic amines is 1. The lowest BCUT2D eigenvalue weighted by atomic mass is 9.97. The third-order valence-corrected chi connectivity index (χ3v) is 7.79. The van der Waals surface area contributed by atoms with Gasteiger partial charge in [0.2, 0.25) is 0 Å². The van der Waals surface area contributed by atoms with Gasteiger partial charge in [0.25, 0.3) is 0 Å². The molecule has 0 amide bonds. The number of aryl methyl sites for hydroxylation is 1. The molecule has 3 unspecified atom stereocenters. The summed E-state index contributed by atoms with van der Waals surface area (Å²) < 4.78 is 5.37. The number of pyridine rings is 1. The van der Waals surface area contributed by atoms with Crippen molar-refractivity contribution in [1.29, 1.82) is 0 Å². The monoisotopic (exact) mass is 452 g/mol. The molecule has 2 fully saturated rings. The Bertz CT molecular complexity index is 1540. The molecule has 9 heteroatoms. The highest BCUT2D eigenvalue weighted by atomic mass is 16.5. The van der Waals surface area contributed by atoms with E-state index >= 15 is 0 Å². The third kappa shape index (κ3) is 2.67. The first kappa shape index (κ1) is 19.6. The molecule has 0 radical (unpaired) electrons. The molecule has 170 valence electrons. The number of rotatable bonds is 4. The Kier molecular flexibility index (Phi) is 4.08. The van der Waals surface area contributed by atoms with Gasteiger partial charge in [-0.2, -0.15) is 5.10 Å². The normalized spacial score (nSPS) is 24.0. The number of hydrogen-bond acceptors (Lipinski definition) is 8. The zero-order chi connectivity index (χ0) is 22.9. The van der Waals surface area contributed by atoms with Crippen LogP contribution in [0, 0.1) is 18.8 Å². The van der Waals surface area contributed by atoms with Crippen LogP contribution >= 0.6 is 0 Å². The van der Waals surface area contributed by atoms with Crippen molar-refractivity contribution >= 4 is 27.8 Å². The van der Waals surface area contributed by atoms with E-state index in [0.717, 1.165) is 64.3 Å². The minimum Gasteiger partial charge on any atom is -0.361 e. The van der Waals surface area contributed by atoms with Crippen LogP contribution in [0.15, 0.2) is 53.4 Å². The van der Waals surface area contributed by atoms with E-state index in [4.69, 9.17) is 20.2 Å². The van der Waals surface area contributed by atoms with E-state index in [1.807, 2.05) is 43.6 Å². The highest BCUT2D eigenvalue weighted by Crippen LogP contribution is 2.62. The second-order valence-corrected chi connectivity index (χ2v) is 9.41. The van der Waals surface area contributed by atoms with Crippen molar-refractivity contribution in [2.24, 2.45) is 17.6 Å². The molecule has 9 nitrogen and oxygen atoms in total. The van der Waals surface area contributed by atoms with Gasteiger partial charge in [0, 0.05) is 54.5 Å². The van der Waals surface area contributed by atoms with Crippen molar-refractivity contribution in [3.05, 3.63) is 60.4 Å². The number of fused-ring (bicyclic) bond motifs is 3. The summed E-state index contributed by atoms with van der Waals surface area (Å²) in [6.45, 7) is 4.30. The smallest absolute Gasteiger partial charge is 0.177 e. The van der Waals surface area contributed by atoms with Crippen LogP contribution in [0.3, 0.4) is 0 Å². The number of benzene rings is 1. The fraction of sp³-hybridized carbons (Fsp3) is 0.320. The van der Waals surface area contributed by atoms with Gasteiger partial charge in [-0.3, -0.25) is 10.1 Å². The van der Waals surface area contributed by atoms with Gasteiger partial charge in [0.05, 0.1) is 11.9 Å². The average molecular weight is 453 g/mol. The maximum Gasteiger partial charge on any atom is 0.177 e. The lowest BCUT2D eigenvalue weighted by Crippen LogP contribution is -2.32. The van der Waals surface area contributed by atoms with Gasteiger partial charge >= 0.3 is 0 Å². The van der Waals surface area contributed by atoms with Crippen LogP contribution in [0.4, 0.5) is 5.82 Å².